The molecule has 0 aromatic rings. The molecule has 0 N–H and O–H groups in total. The van der Waals surface area contributed by atoms with Crippen LogP contribution in [-0.4, -0.2) is 18.5 Å². The topological polar surface area (TPSA) is 45.4 Å². The fraction of sp³-hybridized carbons (Fsp3) is 0.385. The Bertz CT molecular complexity index is 505. The van der Waals surface area contributed by atoms with Crippen LogP contribution in [0.1, 0.15) is 20.3 Å². The van der Waals surface area contributed by atoms with Crippen LogP contribution < -0.4 is 0 Å². The molecule has 0 atom stereocenters. The van der Waals surface area contributed by atoms with Gasteiger partial charge in [0.15, 0.2) is 0 Å². The molecule has 0 radical (unpaired) electrons. The van der Waals surface area contributed by atoms with Crippen LogP contribution in [0.4, 0.5) is 13.2 Å². The SMILES string of the molecule is C/C=C\COC1=C(C#N)CC(C)=CC(C(F)(F)F)=N1. The Morgan fingerprint density at radius 1 is 1.53 bits per heavy atom. The normalized spacial score (nSPS) is 16.8. The molecule has 0 saturated carbocycles. The number of halogens is 3. The molecule has 0 aromatic carbocycles. The Morgan fingerprint density at radius 3 is 2.74 bits per heavy atom. The second-order valence-corrected chi connectivity index (χ2v) is 3.94. The van der Waals surface area contributed by atoms with Crippen molar-refractivity contribution in [2.75, 3.05) is 6.61 Å². The zero-order valence-corrected chi connectivity index (χ0v) is 10.6. The van der Waals surface area contributed by atoms with E-state index in [-0.39, 0.29) is 24.5 Å². The third kappa shape index (κ3) is 4.28. The first-order valence-electron chi connectivity index (χ1n) is 5.58. The van der Waals surface area contributed by atoms with Gasteiger partial charge in [-0.1, -0.05) is 17.7 Å². The monoisotopic (exact) mass is 270 g/mol. The van der Waals surface area contributed by atoms with E-state index >= 15 is 0 Å². The Kier molecular flexibility index (Phi) is 4.93. The van der Waals surface area contributed by atoms with E-state index < -0.39 is 11.9 Å². The maximum absolute atomic E-state index is 12.7. The number of hydrogen-bond donors (Lipinski definition) is 0. The predicted octanol–water partition coefficient (Wildman–Crippen LogP) is 3.67. The summed E-state index contributed by atoms with van der Waals surface area (Å²) in [6.45, 7) is 3.35. The summed E-state index contributed by atoms with van der Waals surface area (Å²) < 4.78 is 43.3. The van der Waals surface area contributed by atoms with Gasteiger partial charge in [0.05, 0.1) is 5.57 Å². The molecular formula is C13H13F3N2O. The third-order valence-corrected chi connectivity index (χ3v) is 2.30. The number of alkyl halides is 3. The summed E-state index contributed by atoms with van der Waals surface area (Å²) in [6.07, 6.45) is -0.216. The van der Waals surface area contributed by atoms with Gasteiger partial charge in [-0.3, -0.25) is 0 Å². The van der Waals surface area contributed by atoms with Crippen molar-refractivity contribution in [3.05, 3.63) is 35.3 Å². The highest BCUT2D eigenvalue weighted by Gasteiger charge is 2.35. The van der Waals surface area contributed by atoms with Crippen LogP contribution in [0.3, 0.4) is 0 Å². The largest absolute Gasteiger partial charge is 0.473 e. The zero-order chi connectivity index (χ0) is 14.5. The summed E-state index contributed by atoms with van der Waals surface area (Å²) >= 11 is 0. The molecule has 1 aliphatic rings. The van der Waals surface area contributed by atoms with Crippen molar-refractivity contribution in [1.82, 2.24) is 0 Å². The summed E-state index contributed by atoms with van der Waals surface area (Å²) in [5.41, 5.74) is -0.541. The van der Waals surface area contributed by atoms with Crippen molar-refractivity contribution in [2.24, 2.45) is 4.99 Å². The molecule has 0 aliphatic carbocycles. The first kappa shape index (κ1) is 15.0. The van der Waals surface area contributed by atoms with E-state index in [0.717, 1.165) is 6.08 Å². The van der Waals surface area contributed by atoms with Gasteiger partial charge >= 0.3 is 6.18 Å². The minimum absolute atomic E-state index is 0.0741. The standard InChI is InChI=1S/C13H13F3N2O/c1-3-4-5-19-12-10(8-17)6-9(2)7-11(18-12)13(14,15)16/h3-4,7H,5-6H2,1-2H3/b4-3-. The Balaban J connectivity index is 3.17. The molecule has 0 unspecified atom stereocenters. The molecule has 1 aliphatic heterocycles. The second-order valence-electron chi connectivity index (χ2n) is 3.94. The first-order valence-corrected chi connectivity index (χ1v) is 5.58. The van der Waals surface area contributed by atoms with Gasteiger partial charge in [-0.15, -0.1) is 0 Å². The highest BCUT2D eigenvalue weighted by Crippen LogP contribution is 2.27. The van der Waals surface area contributed by atoms with Gasteiger partial charge in [-0.05, 0) is 19.9 Å². The molecule has 0 fully saturated rings. The number of ether oxygens (including phenoxy) is 1. The Hall–Kier alpha value is -2.03. The summed E-state index contributed by atoms with van der Waals surface area (Å²) in [5.74, 6) is -0.263. The Morgan fingerprint density at radius 2 is 2.21 bits per heavy atom. The minimum atomic E-state index is -4.57. The molecule has 0 saturated heterocycles. The van der Waals surface area contributed by atoms with Crippen LogP contribution in [0, 0.1) is 11.3 Å². The van der Waals surface area contributed by atoms with E-state index in [2.05, 4.69) is 4.99 Å². The summed E-state index contributed by atoms with van der Waals surface area (Å²) in [4.78, 5) is 3.44. The average molecular weight is 270 g/mol. The van der Waals surface area contributed by atoms with Crippen molar-refractivity contribution in [2.45, 2.75) is 26.4 Å². The van der Waals surface area contributed by atoms with Crippen LogP contribution in [-0.2, 0) is 4.74 Å². The summed E-state index contributed by atoms with van der Waals surface area (Å²) in [7, 11) is 0. The van der Waals surface area contributed by atoms with Gasteiger partial charge in [0.2, 0.25) is 5.88 Å². The van der Waals surface area contributed by atoms with Crippen molar-refractivity contribution in [3.8, 4) is 6.07 Å². The van der Waals surface area contributed by atoms with Crippen LogP contribution in [0.2, 0.25) is 0 Å². The minimum Gasteiger partial charge on any atom is -0.473 e. The number of allylic oxidation sites excluding steroid dienone is 4. The van der Waals surface area contributed by atoms with Crippen LogP contribution >= 0.6 is 0 Å². The van der Waals surface area contributed by atoms with Crippen LogP contribution in [0.15, 0.2) is 40.2 Å². The molecule has 102 valence electrons. The number of hydrogen-bond acceptors (Lipinski definition) is 3. The van der Waals surface area contributed by atoms with Gasteiger partial charge in [0, 0.05) is 6.42 Å². The third-order valence-electron chi connectivity index (χ3n) is 2.30. The smallest absolute Gasteiger partial charge is 0.433 e. The van der Waals surface area contributed by atoms with Gasteiger partial charge in [-0.2, -0.15) is 18.4 Å². The van der Waals surface area contributed by atoms with E-state index in [1.165, 1.54) is 6.92 Å². The molecule has 0 aromatic heterocycles. The van der Waals surface area contributed by atoms with Crippen molar-refractivity contribution in [3.63, 3.8) is 0 Å². The van der Waals surface area contributed by atoms with Gasteiger partial charge in [0.1, 0.15) is 18.4 Å². The fourth-order valence-corrected chi connectivity index (χ4v) is 1.42. The highest BCUT2D eigenvalue weighted by atomic mass is 19.4. The van der Waals surface area contributed by atoms with Gasteiger partial charge in [-0.25, -0.2) is 4.99 Å². The Labute approximate surface area is 109 Å². The highest BCUT2D eigenvalue weighted by molar-refractivity contribution is 6.00. The fourth-order valence-electron chi connectivity index (χ4n) is 1.42. The van der Waals surface area contributed by atoms with E-state index in [0.29, 0.717) is 5.57 Å². The molecule has 1 rings (SSSR count). The lowest BCUT2D eigenvalue weighted by atomic mass is 10.1. The second kappa shape index (κ2) is 6.23. The number of aliphatic imine (C=N–C) groups is 1. The molecule has 3 nitrogen and oxygen atoms in total. The maximum atomic E-state index is 12.7. The van der Waals surface area contributed by atoms with Crippen molar-refractivity contribution in [1.29, 1.82) is 5.26 Å². The maximum Gasteiger partial charge on any atom is 0.433 e. The van der Waals surface area contributed by atoms with Gasteiger partial charge < -0.3 is 4.74 Å². The lowest BCUT2D eigenvalue weighted by Crippen LogP contribution is -2.21. The van der Waals surface area contributed by atoms with E-state index in [1.807, 2.05) is 6.07 Å². The summed E-state index contributed by atoms with van der Waals surface area (Å²) in [6, 6.07) is 1.84. The molecular weight excluding hydrogens is 257 g/mol. The van der Waals surface area contributed by atoms with Crippen LogP contribution in [0.25, 0.3) is 0 Å². The molecule has 19 heavy (non-hydrogen) atoms. The van der Waals surface area contributed by atoms with E-state index in [1.54, 1.807) is 19.1 Å². The molecule has 1 heterocycles. The number of nitrogens with zero attached hydrogens (tertiary/aromatic N) is 2. The molecule has 0 spiro atoms. The van der Waals surface area contributed by atoms with Crippen molar-refractivity contribution < 1.29 is 17.9 Å². The lowest BCUT2D eigenvalue weighted by Gasteiger charge is -2.08. The van der Waals surface area contributed by atoms with Crippen molar-refractivity contribution >= 4 is 5.71 Å². The number of nitriles is 1. The molecule has 6 heteroatoms. The van der Waals surface area contributed by atoms with Crippen LogP contribution in [0.5, 0.6) is 0 Å². The zero-order valence-electron chi connectivity index (χ0n) is 10.6. The molecule has 0 amide bonds. The van der Waals surface area contributed by atoms with E-state index in [9.17, 15) is 13.2 Å². The molecule has 0 bridgehead atoms. The number of rotatable bonds is 3. The lowest BCUT2D eigenvalue weighted by molar-refractivity contribution is -0.0580. The quantitative estimate of drug-likeness (QED) is 0.734. The predicted molar refractivity (Wildman–Crippen MR) is 65.3 cm³/mol. The average Bonchev–Trinajstić information content (AvgIpc) is 2.48. The first-order chi connectivity index (χ1) is 8.88. The summed E-state index contributed by atoms with van der Waals surface area (Å²) in [5, 5.41) is 8.97. The van der Waals surface area contributed by atoms with E-state index in [4.69, 9.17) is 10.00 Å². The van der Waals surface area contributed by atoms with Gasteiger partial charge in [0.25, 0.3) is 0 Å².